The van der Waals surface area contributed by atoms with Crippen molar-refractivity contribution in [2.75, 3.05) is 39.3 Å². The van der Waals surface area contributed by atoms with Crippen LogP contribution in [0.3, 0.4) is 0 Å². The van der Waals surface area contributed by atoms with E-state index in [0.29, 0.717) is 6.54 Å². The molecule has 4 rings (SSSR count). The quantitative estimate of drug-likeness (QED) is 0.634. The van der Waals surface area contributed by atoms with E-state index >= 15 is 0 Å². The van der Waals surface area contributed by atoms with Gasteiger partial charge >= 0.3 is 0 Å². The van der Waals surface area contributed by atoms with Crippen molar-refractivity contribution in [2.24, 2.45) is 0 Å². The monoisotopic (exact) mass is 371 g/mol. The van der Waals surface area contributed by atoms with Crippen molar-refractivity contribution in [1.29, 1.82) is 0 Å². The van der Waals surface area contributed by atoms with E-state index in [9.17, 15) is 4.79 Å². The predicted molar refractivity (Wildman–Crippen MR) is 101 cm³/mol. The van der Waals surface area contributed by atoms with Crippen LogP contribution in [0.2, 0.25) is 0 Å². The van der Waals surface area contributed by atoms with Gasteiger partial charge in [0.1, 0.15) is 44.2 Å². The zero-order valence-corrected chi connectivity index (χ0v) is 15.9. The SMILES string of the molecule is C[C@H](NC(=O)C[NH+]1CC[NH+](Cc2ccc3c(c2)CCO3)CC1)c1ccco1. The molecule has 0 bridgehead atoms. The van der Waals surface area contributed by atoms with Crippen molar-refractivity contribution in [1.82, 2.24) is 5.32 Å². The number of nitrogens with one attached hydrogen (secondary N) is 3. The van der Waals surface area contributed by atoms with E-state index in [2.05, 4.69) is 23.5 Å². The molecule has 2 aliphatic rings. The minimum Gasteiger partial charge on any atom is -0.493 e. The van der Waals surface area contributed by atoms with Crippen LogP contribution >= 0.6 is 0 Å². The normalized spacial score (nSPS) is 22.7. The highest BCUT2D eigenvalue weighted by Gasteiger charge is 2.26. The molecule has 2 aliphatic heterocycles. The summed E-state index contributed by atoms with van der Waals surface area (Å²) in [5.41, 5.74) is 2.74. The summed E-state index contributed by atoms with van der Waals surface area (Å²) in [4.78, 5) is 15.3. The van der Waals surface area contributed by atoms with Gasteiger partial charge in [-0.05, 0) is 42.8 Å². The third-order valence-electron chi connectivity index (χ3n) is 5.63. The number of hydrogen-bond acceptors (Lipinski definition) is 3. The Labute approximate surface area is 160 Å². The Bertz CT molecular complexity index is 767. The zero-order valence-electron chi connectivity index (χ0n) is 15.9. The first kappa shape index (κ1) is 18.1. The molecule has 0 unspecified atom stereocenters. The molecule has 27 heavy (non-hydrogen) atoms. The van der Waals surface area contributed by atoms with Gasteiger partial charge < -0.3 is 24.3 Å². The molecule has 1 fully saturated rings. The Morgan fingerprint density at radius 2 is 2.00 bits per heavy atom. The second kappa shape index (κ2) is 8.15. The van der Waals surface area contributed by atoms with Crippen LogP contribution in [0.15, 0.2) is 41.0 Å². The molecule has 0 saturated carbocycles. The molecule has 1 atom stereocenters. The molecule has 0 spiro atoms. The summed E-state index contributed by atoms with van der Waals surface area (Å²) in [6.07, 6.45) is 2.67. The summed E-state index contributed by atoms with van der Waals surface area (Å²) >= 11 is 0. The van der Waals surface area contributed by atoms with Gasteiger partial charge in [-0.3, -0.25) is 4.79 Å². The lowest BCUT2D eigenvalue weighted by Crippen LogP contribution is -3.28. The van der Waals surface area contributed by atoms with Gasteiger partial charge in [0.2, 0.25) is 0 Å². The lowest BCUT2D eigenvalue weighted by molar-refractivity contribution is -1.02. The van der Waals surface area contributed by atoms with Gasteiger partial charge in [0.15, 0.2) is 6.54 Å². The van der Waals surface area contributed by atoms with Crippen molar-refractivity contribution in [3.05, 3.63) is 53.5 Å². The number of ether oxygens (including phenoxy) is 1. The number of benzene rings is 1. The van der Waals surface area contributed by atoms with Gasteiger partial charge in [-0.1, -0.05) is 0 Å². The summed E-state index contributed by atoms with van der Waals surface area (Å²) in [7, 11) is 0. The van der Waals surface area contributed by atoms with Gasteiger partial charge in [-0.25, -0.2) is 0 Å². The number of piperazine rings is 1. The van der Waals surface area contributed by atoms with Crippen molar-refractivity contribution in [3.63, 3.8) is 0 Å². The van der Waals surface area contributed by atoms with Gasteiger partial charge in [-0.2, -0.15) is 0 Å². The lowest BCUT2D eigenvalue weighted by Gasteiger charge is -2.29. The number of furan rings is 1. The summed E-state index contributed by atoms with van der Waals surface area (Å²) in [6, 6.07) is 10.3. The minimum atomic E-state index is -0.0809. The minimum absolute atomic E-state index is 0.0809. The maximum Gasteiger partial charge on any atom is 0.275 e. The number of quaternary nitrogens is 2. The molecule has 1 aromatic heterocycles. The van der Waals surface area contributed by atoms with Gasteiger partial charge in [0.05, 0.1) is 18.9 Å². The standard InChI is InChI=1S/C21H27N3O3/c1-16(19-3-2-11-26-19)22-21(25)15-24-9-7-23(8-10-24)14-17-4-5-20-18(13-17)6-12-27-20/h2-5,11,13,16H,6-10,12,14-15H2,1H3,(H,22,25)/p+2/t16-/m0/s1. The Hall–Kier alpha value is -2.31. The number of carbonyl (C=O) groups excluding carboxylic acids is 1. The molecule has 3 N–H and O–H groups in total. The van der Waals surface area contributed by atoms with E-state index in [1.807, 2.05) is 19.1 Å². The van der Waals surface area contributed by atoms with Crippen LogP contribution in [-0.4, -0.2) is 45.2 Å². The first-order chi connectivity index (χ1) is 13.2. The second-order valence-corrected chi connectivity index (χ2v) is 7.70. The average Bonchev–Trinajstić information content (AvgIpc) is 3.34. The molecule has 1 amide bonds. The number of rotatable bonds is 6. The summed E-state index contributed by atoms with van der Waals surface area (Å²) in [6.45, 7) is 8.63. The largest absolute Gasteiger partial charge is 0.493 e. The number of amides is 1. The molecule has 2 aromatic rings. The van der Waals surface area contributed by atoms with Crippen molar-refractivity contribution in [2.45, 2.75) is 25.9 Å². The third kappa shape index (κ3) is 4.51. The van der Waals surface area contributed by atoms with Crippen molar-refractivity contribution < 1.29 is 23.7 Å². The van der Waals surface area contributed by atoms with Gasteiger partial charge in [-0.15, -0.1) is 0 Å². The topological polar surface area (TPSA) is 60.3 Å². The second-order valence-electron chi connectivity index (χ2n) is 7.70. The molecule has 3 heterocycles. The number of carbonyl (C=O) groups is 1. The van der Waals surface area contributed by atoms with Crippen molar-refractivity contribution in [3.8, 4) is 5.75 Å². The van der Waals surface area contributed by atoms with E-state index in [4.69, 9.17) is 9.15 Å². The molecule has 6 heteroatoms. The molecule has 0 aliphatic carbocycles. The first-order valence-electron chi connectivity index (χ1n) is 9.92. The summed E-state index contributed by atoms with van der Waals surface area (Å²) in [5, 5.41) is 3.03. The molecule has 6 nitrogen and oxygen atoms in total. The van der Waals surface area contributed by atoms with E-state index < -0.39 is 0 Å². The predicted octanol–water partition coefficient (Wildman–Crippen LogP) is -0.625. The molecular formula is C21H29N3O3+2. The van der Waals surface area contributed by atoms with Crippen LogP contribution in [0.1, 0.15) is 29.9 Å². The van der Waals surface area contributed by atoms with Gasteiger partial charge in [0, 0.05) is 12.0 Å². The highest BCUT2D eigenvalue weighted by atomic mass is 16.5. The van der Waals surface area contributed by atoms with Crippen LogP contribution in [0.25, 0.3) is 0 Å². The summed E-state index contributed by atoms with van der Waals surface area (Å²) in [5.74, 6) is 1.95. The highest BCUT2D eigenvalue weighted by Crippen LogP contribution is 2.25. The van der Waals surface area contributed by atoms with Crippen LogP contribution in [0.4, 0.5) is 0 Å². The molecule has 144 valence electrons. The fourth-order valence-corrected chi connectivity index (χ4v) is 4.08. The molecule has 1 aromatic carbocycles. The van der Waals surface area contributed by atoms with Crippen molar-refractivity contribution >= 4 is 5.91 Å². The average molecular weight is 371 g/mol. The zero-order chi connectivity index (χ0) is 18.6. The van der Waals surface area contributed by atoms with Crippen LogP contribution in [0.5, 0.6) is 5.75 Å². The number of fused-ring (bicyclic) bond motifs is 1. The Morgan fingerprint density at radius 1 is 1.19 bits per heavy atom. The molecule has 1 saturated heterocycles. The fraction of sp³-hybridized carbons (Fsp3) is 0.476. The fourth-order valence-electron chi connectivity index (χ4n) is 4.08. The van der Waals surface area contributed by atoms with E-state index in [1.54, 1.807) is 11.2 Å². The van der Waals surface area contributed by atoms with Crippen LogP contribution in [0, 0.1) is 0 Å². The Morgan fingerprint density at radius 3 is 2.78 bits per heavy atom. The number of hydrogen-bond donors (Lipinski definition) is 3. The van der Waals surface area contributed by atoms with Gasteiger partial charge in [0.25, 0.3) is 5.91 Å². The highest BCUT2D eigenvalue weighted by molar-refractivity contribution is 5.77. The van der Waals surface area contributed by atoms with E-state index in [1.165, 1.54) is 16.0 Å². The summed E-state index contributed by atoms with van der Waals surface area (Å²) < 4.78 is 10.9. The Kier molecular flexibility index (Phi) is 5.45. The Balaban J connectivity index is 1.21. The van der Waals surface area contributed by atoms with Crippen LogP contribution < -0.4 is 19.9 Å². The molecular weight excluding hydrogens is 342 g/mol. The maximum absolute atomic E-state index is 12.3. The smallest absolute Gasteiger partial charge is 0.275 e. The van der Waals surface area contributed by atoms with E-state index in [-0.39, 0.29) is 11.9 Å². The lowest BCUT2D eigenvalue weighted by atomic mass is 10.1. The van der Waals surface area contributed by atoms with E-state index in [0.717, 1.165) is 57.3 Å². The maximum atomic E-state index is 12.3. The third-order valence-corrected chi connectivity index (χ3v) is 5.63. The molecule has 0 radical (unpaired) electrons. The van der Waals surface area contributed by atoms with Crippen LogP contribution in [-0.2, 0) is 17.8 Å². The first-order valence-corrected chi connectivity index (χ1v) is 9.92.